The number of hydrazine groups is 2. The van der Waals surface area contributed by atoms with E-state index in [-0.39, 0.29) is 11.8 Å². The number of amides is 2. The lowest BCUT2D eigenvalue weighted by atomic mass is 10.2. The molecule has 10 heteroatoms. The van der Waals surface area contributed by atoms with Gasteiger partial charge in [-0.2, -0.15) is 0 Å². The third-order valence-corrected chi connectivity index (χ3v) is 6.93. The Labute approximate surface area is 189 Å². The lowest BCUT2D eigenvalue weighted by molar-refractivity contribution is 0.0758. The van der Waals surface area contributed by atoms with Gasteiger partial charge in [-0.25, -0.2) is 11.7 Å². The number of carbonyl (C=O) groups excluding carboxylic acids is 2. The van der Waals surface area contributed by atoms with E-state index in [4.69, 9.17) is 11.7 Å². The van der Waals surface area contributed by atoms with E-state index in [1.807, 2.05) is 12.1 Å². The molecule has 0 saturated heterocycles. The highest BCUT2D eigenvalue weighted by molar-refractivity contribution is 9.10. The summed E-state index contributed by atoms with van der Waals surface area (Å²) in [4.78, 5) is 24.5. The van der Waals surface area contributed by atoms with Crippen LogP contribution in [-0.2, 0) is 0 Å². The van der Waals surface area contributed by atoms with Crippen molar-refractivity contribution in [2.75, 3.05) is 24.6 Å². The van der Waals surface area contributed by atoms with Crippen LogP contribution in [-0.4, -0.2) is 46.4 Å². The summed E-state index contributed by atoms with van der Waals surface area (Å²) < 4.78 is 1.67. The Morgan fingerprint density at radius 1 is 0.786 bits per heavy atom. The van der Waals surface area contributed by atoms with Gasteiger partial charge in [0.1, 0.15) is 0 Å². The molecular weight excluding hydrogens is 528 g/mol. The minimum Gasteiger partial charge on any atom is -0.276 e. The van der Waals surface area contributed by atoms with Gasteiger partial charge in [0.05, 0.1) is 0 Å². The lowest BCUT2D eigenvalue weighted by Gasteiger charge is -2.17. The molecule has 6 nitrogen and oxygen atoms in total. The number of halogens is 2. The molecule has 0 heterocycles. The van der Waals surface area contributed by atoms with Gasteiger partial charge in [-0.1, -0.05) is 65.6 Å². The summed E-state index contributed by atoms with van der Waals surface area (Å²) in [6.45, 7) is 0.846. The van der Waals surface area contributed by atoms with Gasteiger partial charge in [0.25, 0.3) is 11.8 Å². The van der Waals surface area contributed by atoms with E-state index in [1.165, 1.54) is 10.0 Å². The third kappa shape index (κ3) is 7.41. The lowest BCUT2D eigenvalue weighted by Crippen LogP contribution is -2.39. The maximum atomic E-state index is 12.2. The maximum Gasteiger partial charge on any atom is 0.267 e. The van der Waals surface area contributed by atoms with Crippen molar-refractivity contribution in [1.29, 1.82) is 0 Å². The zero-order valence-electron chi connectivity index (χ0n) is 14.9. The highest BCUT2D eigenvalue weighted by Gasteiger charge is 2.14. The minimum atomic E-state index is -0.223. The van der Waals surface area contributed by atoms with Gasteiger partial charge in [0.15, 0.2) is 0 Å². The van der Waals surface area contributed by atoms with Crippen molar-refractivity contribution in [1.82, 2.24) is 10.0 Å². The van der Waals surface area contributed by atoms with E-state index in [2.05, 4.69) is 31.9 Å². The summed E-state index contributed by atoms with van der Waals surface area (Å²) >= 11 is 6.68. The van der Waals surface area contributed by atoms with Crippen molar-refractivity contribution in [3.8, 4) is 0 Å². The van der Waals surface area contributed by atoms with Crippen molar-refractivity contribution in [2.45, 2.75) is 0 Å². The van der Waals surface area contributed by atoms with Crippen LogP contribution < -0.4 is 11.7 Å². The second kappa shape index (κ2) is 11.8. The molecule has 0 spiro atoms. The van der Waals surface area contributed by atoms with Gasteiger partial charge in [-0.3, -0.25) is 19.6 Å². The summed E-state index contributed by atoms with van der Waals surface area (Å²) in [7, 11) is 3.16. The smallest absolute Gasteiger partial charge is 0.267 e. The average molecular weight is 548 g/mol. The van der Waals surface area contributed by atoms with E-state index in [0.29, 0.717) is 35.7 Å². The second-order valence-corrected chi connectivity index (χ2v) is 10.2. The number of rotatable bonds is 9. The Balaban J connectivity index is 1.64. The standard InChI is InChI=1S/C18H20Br2N4O2S2/c19-15-5-1-3-13(11-15)17(25)23(21)7-9-27-28-10-8-24(22)18(26)14-4-2-6-16(20)12-14/h1-6,11-12H,7-10,21-22H2. The van der Waals surface area contributed by atoms with Crippen LogP contribution in [0.5, 0.6) is 0 Å². The second-order valence-electron chi connectivity index (χ2n) is 5.66. The first-order chi connectivity index (χ1) is 13.4. The first-order valence-electron chi connectivity index (χ1n) is 8.27. The minimum absolute atomic E-state index is 0.223. The molecule has 0 bridgehead atoms. The fraction of sp³-hybridized carbons (Fsp3) is 0.222. The molecule has 2 amide bonds. The summed E-state index contributed by atoms with van der Waals surface area (Å²) in [6, 6.07) is 14.2. The molecule has 0 fully saturated rings. The molecule has 0 atom stereocenters. The zero-order valence-corrected chi connectivity index (χ0v) is 19.7. The molecule has 2 aromatic rings. The van der Waals surface area contributed by atoms with Crippen molar-refractivity contribution in [3.05, 3.63) is 68.6 Å². The van der Waals surface area contributed by atoms with E-state index in [0.717, 1.165) is 8.95 Å². The van der Waals surface area contributed by atoms with E-state index in [9.17, 15) is 9.59 Å². The van der Waals surface area contributed by atoms with Gasteiger partial charge < -0.3 is 0 Å². The summed E-state index contributed by atoms with van der Waals surface area (Å²) in [5, 5.41) is 2.42. The fourth-order valence-electron chi connectivity index (χ4n) is 2.17. The highest BCUT2D eigenvalue weighted by Crippen LogP contribution is 2.21. The van der Waals surface area contributed by atoms with Crippen LogP contribution in [0.15, 0.2) is 57.5 Å². The van der Waals surface area contributed by atoms with Crippen LogP contribution >= 0.6 is 53.4 Å². The molecule has 0 aliphatic heterocycles. The molecule has 0 aliphatic rings. The van der Waals surface area contributed by atoms with Gasteiger partial charge >= 0.3 is 0 Å². The number of nitrogens with zero attached hydrogens (tertiary/aromatic N) is 2. The van der Waals surface area contributed by atoms with Crippen molar-refractivity contribution < 1.29 is 9.59 Å². The summed E-state index contributed by atoms with van der Waals surface area (Å²) in [5.41, 5.74) is 1.08. The van der Waals surface area contributed by atoms with Crippen LogP contribution in [0.1, 0.15) is 20.7 Å². The predicted octanol–water partition coefficient (Wildman–Crippen LogP) is 3.93. The molecular formula is C18H20Br2N4O2S2. The molecule has 0 radical (unpaired) electrons. The van der Waals surface area contributed by atoms with Gasteiger partial charge in [0, 0.05) is 44.7 Å². The molecule has 2 aromatic carbocycles. The topological polar surface area (TPSA) is 92.7 Å². The highest BCUT2D eigenvalue weighted by atomic mass is 79.9. The van der Waals surface area contributed by atoms with Crippen LogP contribution in [0.4, 0.5) is 0 Å². The van der Waals surface area contributed by atoms with Gasteiger partial charge in [-0.15, -0.1) is 0 Å². The summed E-state index contributed by atoms with van der Waals surface area (Å²) in [5.74, 6) is 12.6. The van der Waals surface area contributed by atoms with Crippen molar-refractivity contribution >= 4 is 65.3 Å². The summed E-state index contributed by atoms with van der Waals surface area (Å²) in [6.07, 6.45) is 0. The molecule has 0 saturated carbocycles. The molecule has 0 aliphatic carbocycles. The maximum absolute atomic E-state index is 12.2. The van der Waals surface area contributed by atoms with Gasteiger partial charge in [-0.05, 0) is 36.4 Å². The quantitative estimate of drug-likeness (QED) is 0.162. The van der Waals surface area contributed by atoms with Crippen LogP contribution in [0.2, 0.25) is 0 Å². The first-order valence-corrected chi connectivity index (χ1v) is 12.3. The average Bonchev–Trinajstić information content (AvgIpc) is 2.69. The van der Waals surface area contributed by atoms with Crippen LogP contribution in [0.3, 0.4) is 0 Å². The Morgan fingerprint density at radius 3 is 1.54 bits per heavy atom. The molecule has 28 heavy (non-hydrogen) atoms. The number of carbonyl (C=O) groups is 2. The van der Waals surface area contributed by atoms with E-state index < -0.39 is 0 Å². The number of benzene rings is 2. The third-order valence-electron chi connectivity index (χ3n) is 3.58. The zero-order chi connectivity index (χ0) is 20.5. The Kier molecular flexibility index (Phi) is 9.83. The normalized spacial score (nSPS) is 10.6. The largest absolute Gasteiger partial charge is 0.276 e. The number of nitrogens with two attached hydrogens (primary N) is 2. The molecule has 4 N–H and O–H groups in total. The monoisotopic (exact) mass is 546 g/mol. The number of hydrogen-bond acceptors (Lipinski definition) is 6. The van der Waals surface area contributed by atoms with E-state index >= 15 is 0 Å². The molecule has 0 unspecified atom stereocenters. The van der Waals surface area contributed by atoms with E-state index in [1.54, 1.807) is 58.0 Å². The number of hydrogen-bond donors (Lipinski definition) is 2. The van der Waals surface area contributed by atoms with Crippen LogP contribution in [0.25, 0.3) is 0 Å². The molecule has 150 valence electrons. The SMILES string of the molecule is NN(CCSSCCN(N)C(=O)c1cccc(Br)c1)C(=O)c1cccc(Br)c1. The fourth-order valence-corrected chi connectivity index (χ4v) is 4.90. The molecule has 0 aromatic heterocycles. The van der Waals surface area contributed by atoms with Crippen molar-refractivity contribution in [3.63, 3.8) is 0 Å². The Bertz CT molecular complexity index is 758. The Hall–Kier alpha value is -1.04. The van der Waals surface area contributed by atoms with Gasteiger partial charge in [0.2, 0.25) is 0 Å². The van der Waals surface area contributed by atoms with Crippen LogP contribution in [0, 0.1) is 0 Å². The predicted molar refractivity (Wildman–Crippen MR) is 124 cm³/mol. The van der Waals surface area contributed by atoms with Crippen molar-refractivity contribution in [2.24, 2.45) is 11.7 Å². The Morgan fingerprint density at radius 2 is 1.18 bits per heavy atom. The molecule has 2 rings (SSSR count). The first kappa shape index (κ1) is 23.2.